The second-order valence-corrected chi connectivity index (χ2v) is 4.76. The highest BCUT2D eigenvalue weighted by Gasteiger charge is 2.17. The smallest absolute Gasteiger partial charge is 0.339 e. The fourth-order valence-corrected chi connectivity index (χ4v) is 2.15. The number of rotatable bonds is 5. The van der Waals surface area contributed by atoms with Gasteiger partial charge in [-0.15, -0.1) is 11.7 Å². The van der Waals surface area contributed by atoms with Gasteiger partial charge in [-0.3, -0.25) is 4.79 Å². The summed E-state index contributed by atoms with van der Waals surface area (Å²) in [6, 6.07) is 2.90. The molecule has 1 unspecified atom stereocenters. The second-order valence-electron chi connectivity index (χ2n) is 3.39. The standard InChI is InChI=1S/C10H12N2O3S2/c1-6(5-17-16)9(13)12-8-7(10(14)15)3-2-4-11-8/h2-4,6,16H,5H2,1H3,(H,14,15)(H,11,12,13). The number of pyridine rings is 1. The molecule has 0 aliphatic rings. The average molecular weight is 272 g/mol. The lowest BCUT2D eigenvalue weighted by Gasteiger charge is -2.11. The molecule has 0 fully saturated rings. The molecule has 5 nitrogen and oxygen atoms in total. The van der Waals surface area contributed by atoms with Crippen LogP contribution in [0.2, 0.25) is 0 Å². The Labute approximate surface area is 108 Å². The number of hydrogen-bond donors (Lipinski definition) is 3. The van der Waals surface area contributed by atoms with Crippen LogP contribution in [0.4, 0.5) is 5.82 Å². The van der Waals surface area contributed by atoms with Gasteiger partial charge in [0, 0.05) is 17.9 Å². The molecular weight excluding hydrogens is 260 g/mol. The average Bonchev–Trinajstić information content (AvgIpc) is 2.29. The Morgan fingerprint density at radius 1 is 1.65 bits per heavy atom. The number of nitrogens with zero attached hydrogens (tertiary/aromatic N) is 1. The number of aromatic carboxylic acids is 1. The number of hydrogen-bond acceptors (Lipinski definition) is 5. The second kappa shape index (κ2) is 6.51. The Kier molecular flexibility index (Phi) is 5.30. The Morgan fingerprint density at radius 3 is 2.94 bits per heavy atom. The Hall–Kier alpha value is -1.21. The highest BCUT2D eigenvalue weighted by Crippen LogP contribution is 2.15. The van der Waals surface area contributed by atoms with Crippen molar-refractivity contribution in [2.24, 2.45) is 5.92 Å². The SMILES string of the molecule is CC(CSS)C(=O)Nc1ncccc1C(=O)O. The summed E-state index contributed by atoms with van der Waals surface area (Å²) >= 11 is 3.96. The van der Waals surface area contributed by atoms with Crippen LogP contribution >= 0.6 is 22.5 Å². The molecule has 0 aliphatic heterocycles. The number of anilines is 1. The number of carboxylic acid groups (broad SMARTS) is 1. The molecule has 0 saturated carbocycles. The number of carbonyl (C=O) groups is 2. The van der Waals surface area contributed by atoms with Gasteiger partial charge in [-0.2, -0.15) is 0 Å². The van der Waals surface area contributed by atoms with Crippen molar-refractivity contribution in [1.29, 1.82) is 0 Å². The van der Waals surface area contributed by atoms with Crippen LogP contribution in [0.15, 0.2) is 18.3 Å². The predicted octanol–water partition coefficient (Wildman–Crippen LogP) is 1.93. The molecule has 0 aliphatic carbocycles. The summed E-state index contributed by atoms with van der Waals surface area (Å²) in [5, 5.41) is 11.4. The summed E-state index contributed by atoms with van der Waals surface area (Å²) in [7, 11) is 1.26. The first-order valence-electron chi connectivity index (χ1n) is 4.81. The quantitative estimate of drug-likeness (QED) is 0.564. The van der Waals surface area contributed by atoms with Crippen molar-refractivity contribution in [3.8, 4) is 0 Å². The highest BCUT2D eigenvalue weighted by molar-refractivity contribution is 8.68. The summed E-state index contributed by atoms with van der Waals surface area (Å²) in [6.45, 7) is 1.74. The Balaban J connectivity index is 2.81. The molecule has 92 valence electrons. The van der Waals surface area contributed by atoms with Crippen LogP contribution in [-0.2, 0) is 4.79 Å². The van der Waals surface area contributed by atoms with Gasteiger partial charge in [0.05, 0.1) is 0 Å². The van der Waals surface area contributed by atoms with E-state index in [9.17, 15) is 9.59 Å². The number of aromatic nitrogens is 1. The molecular formula is C10H12N2O3S2. The molecule has 0 radical (unpaired) electrons. The van der Waals surface area contributed by atoms with E-state index < -0.39 is 5.97 Å². The third-order valence-corrected chi connectivity index (χ3v) is 3.15. The largest absolute Gasteiger partial charge is 0.478 e. The molecule has 1 heterocycles. The maximum Gasteiger partial charge on any atom is 0.339 e. The summed E-state index contributed by atoms with van der Waals surface area (Å²) in [5.41, 5.74) is -0.0217. The van der Waals surface area contributed by atoms with Gasteiger partial charge in [0.25, 0.3) is 0 Å². The van der Waals surface area contributed by atoms with Crippen LogP contribution in [0.3, 0.4) is 0 Å². The molecule has 0 saturated heterocycles. The molecule has 1 rings (SSSR count). The van der Waals surface area contributed by atoms with E-state index in [1.165, 1.54) is 29.1 Å². The van der Waals surface area contributed by atoms with E-state index in [1.807, 2.05) is 0 Å². The fourth-order valence-electron chi connectivity index (χ4n) is 1.10. The lowest BCUT2D eigenvalue weighted by atomic mass is 10.2. The zero-order valence-electron chi connectivity index (χ0n) is 9.08. The molecule has 0 aromatic carbocycles. The predicted molar refractivity (Wildman–Crippen MR) is 70.4 cm³/mol. The number of nitrogens with one attached hydrogen (secondary N) is 1. The summed E-state index contributed by atoms with van der Waals surface area (Å²) in [5.74, 6) is -1.04. The summed E-state index contributed by atoms with van der Waals surface area (Å²) in [4.78, 5) is 26.4. The molecule has 0 bridgehead atoms. The van der Waals surface area contributed by atoms with E-state index in [-0.39, 0.29) is 23.2 Å². The van der Waals surface area contributed by atoms with E-state index in [2.05, 4.69) is 22.0 Å². The van der Waals surface area contributed by atoms with Gasteiger partial charge in [-0.1, -0.05) is 17.7 Å². The Morgan fingerprint density at radius 2 is 2.35 bits per heavy atom. The van der Waals surface area contributed by atoms with Gasteiger partial charge in [-0.05, 0) is 12.1 Å². The topological polar surface area (TPSA) is 79.3 Å². The Bertz CT molecular complexity index is 426. The van der Waals surface area contributed by atoms with Gasteiger partial charge >= 0.3 is 5.97 Å². The lowest BCUT2D eigenvalue weighted by molar-refractivity contribution is -0.118. The summed E-state index contributed by atoms with van der Waals surface area (Å²) in [6.07, 6.45) is 1.43. The first-order chi connectivity index (χ1) is 8.06. The van der Waals surface area contributed by atoms with Crippen molar-refractivity contribution < 1.29 is 14.7 Å². The van der Waals surface area contributed by atoms with Gasteiger partial charge in [0.2, 0.25) is 5.91 Å². The van der Waals surface area contributed by atoms with E-state index >= 15 is 0 Å². The maximum atomic E-state index is 11.7. The minimum absolute atomic E-state index is 0.0217. The highest BCUT2D eigenvalue weighted by atomic mass is 33.1. The van der Waals surface area contributed by atoms with E-state index in [0.29, 0.717) is 5.75 Å². The lowest BCUT2D eigenvalue weighted by Crippen LogP contribution is -2.23. The molecule has 0 spiro atoms. The van der Waals surface area contributed by atoms with Crippen molar-refractivity contribution in [2.75, 3.05) is 11.1 Å². The van der Waals surface area contributed by atoms with Crippen molar-refractivity contribution in [3.63, 3.8) is 0 Å². The molecule has 1 amide bonds. The molecule has 1 aromatic rings. The number of carbonyl (C=O) groups excluding carboxylic acids is 1. The van der Waals surface area contributed by atoms with Crippen molar-refractivity contribution in [2.45, 2.75) is 6.92 Å². The van der Waals surface area contributed by atoms with Crippen molar-refractivity contribution in [1.82, 2.24) is 4.98 Å². The number of amides is 1. The minimum atomic E-state index is -1.12. The molecule has 17 heavy (non-hydrogen) atoms. The first-order valence-corrected chi connectivity index (χ1v) is 6.85. The number of thiol groups is 1. The molecule has 1 aromatic heterocycles. The van der Waals surface area contributed by atoms with Crippen LogP contribution in [0.25, 0.3) is 0 Å². The van der Waals surface area contributed by atoms with Gasteiger partial charge in [0.15, 0.2) is 0 Å². The zero-order valence-corrected chi connectivity index (χ0v) is 10.8. The zero-order chi connectivity index (χ0) is 12.8. The van der Waals surface area contributed by atoms with Crippen LogP contribution < -0.4 is 5.32 Å². The van der Waals surface area contributed by atoms with E-state index in [4.69, 9.17) is 5.11 Å². The van der Waals surface area contributed by atoms with Gasteiger partial charge in [0.1, 0.15) is 11.4 Å². The summed E-state index contributed by atoms with van der Waals surface area (Å²) < 4.78 is 0. The van der Waals surface area contributed by atoms with Crippen molar-refractivity contribution in [3.05, 3.63) is 23.9 Å². The minimum Gasteiger partial charge on any atom is -0.478 e. The third-order valence-electron chi connectivity index (χ3n) is 2.05. The van der Waals surface area contributed by atoms with Crippen molar-refractivity contribution >= 4 is 40.1 Å². The normalized spacial score (nSPS) is 11.9. The van der Waals surface area contributed by atoms with Gasteiger partial charge < -0.3 is 10.4 Å². The van der Waals surface area contributed by atoms with E-state index in [0.717, 1.165) is 0 Å². The first kappa shape index (κ1) is 13.9. The van der Waals surface area contributed by atoms with Gasteiger partial charge in [-0.25, -0.2) is 9.78 Å². The van der Waals surface area contributed by atoms with Crippen LogP contribution in [0, 0.1) is 5.92 Å². The number of carboxylic acids is 1. The molecule has 1 atom stereocenters. The maximum absolute atomic E-state index is 11.7. The molecule has 2 N–H and O–H groups in total. The third kappa shape index (κ3) is 3.94. The van der Waals surface area contributed by atoms with Crippen LogP contribution in [0.5, 0.6) is 0 Å². The van der Waals surface area contributed by atoms with Crippen LogP contribution in [0.1, 0.15) is 17.3 Å². The fraction of sp³-hybridized carbons (Fsp3) is 0.300. The monoisotopic (exact) mass is 272 g/mol. The molecule has 7 heteroatoms. The van der Waals surface area contributed by atoms with E-state index in [1.54, 1.807) is 6.92 Å². The van der Waals surface area contributed by atoms with Crippen LogP contribution in [-0.4, -0.2) is 27.7 Å².